The van der Waals surface area contributed by atoms with Gasteiger partial charge in [-0.1, -0.05) is 0 Å². The fraction of sp³-hybridized carbons (Fsp3) is 0.600. The molecule has 0 spiro atoms. The summed E-state index contributed by atoms with van der Waals surface area (Å²) >= 11 is 5.52. The van der Waals surface area contributed by atoms with Crippen molar-refractivity contribution in [1.82, 2.24) is 5.32 Å². The SMILES string of the molecule is Cc1csc(CC2CCCN2)c1Br. The van der Waals surface area contributed by atoms with Crippen molar-refractivity contribution in [3.8, 4) is 0 Å². The van der Waals surface area contributed by atoms with Crippen LogP contribution in [0.4, 0.5) is 0 Å². The smallest absolute Gasteiger partial charge is 0.0344 e. The predicted molar refractivity (Wildman–Crippen MR) is 61.5 cm³/mol. The molecule has 1 N–H and O–H groups in total. The topological polar surface area (TPSA) is 12.0 Å². The molecule has 0 saturated carbocycles. The van der Waals surface area contributed by atoms with Gasteiger partial charge in [0.25, 0.3) is 0 Å². The zero-order chi connectivity index (χ0) is 9.26. The molecule has 2 rings (SSSR count). The second kappa shape index (κ2) is 4.11. The van der Waals surface area contributed by atoms with E-state index in [0.29, 0.717) is 6.04 Å². The van der Waals surface area contributed by atoms with Crippen LogP contribution in [0, 0.1) is 6.92 Å². The lowest BCUT2D eigenvalue weighted by Crippen LogP contribution is -2.23. The Labute approximate surface area is 91.7 Å². The molecule has 72 valence electrons. The number of hydrogen-bond acceptors (Lipinski definition) is 2. The van der Waals surface area contributed by atoms with Crippen molar-refractivity contribution in [2.24, 2.45) is 0 Å². The van der Waals surface area contributed by atoms with E-state index >= 15 is 0 Å². The average Bonchev–Trinajstić information content (AvgIpc) is 2.71. The summed E-state index contributed by atoms with van der Waals surface area (Å²) in [6.07, 6.45) is 3.87. The molecule has 1 aliphatic heterocycles. The molecule has 1 atom stereocenters. The van der Waals surface area contributed by atoms with Gasteiger partial charge in [-0.2, -0.15) is 0 Å². The minimum atomic E-state index is 0.717. The van der Waals surface area contributed by atoms with Gasteiger partial charge in [0.15, 0.2) is 0 Å². The molecule has 0 radical (unpaired) electrons. The van der Waals surface area contributed by atoms with Gasteiger partial charge in [-0.05, 0) is 59.6 Å². The summed E-state index contributed by atoms with van der Waals surface area (Å²) in [5, 5.41) is 5.76. The number of hydrogen-bond donors (Lipinski definition) is 1. The van der Waals surface area contributed by atoms with Crippen LogP contribution in [0.2, 0.25) is 0 Å². The summed E-state index contributed by atoms with van der Waals surface area (Å²) in [5.74, 6) is 0. The monoisotopic (exact) mass is 259 g/mol. The normalized spacial score (nSPS) is 22.5. The molecule has 0 bridgehead atoms. The number of aryl methyl sites for hydroxylation is 1. The highest BCUT2D eigenvalue weighted by Crippen LogP contribution is 2.29. The Morgan fingerprint density at radius 2 is 2.54 bits per heavy atom. The number of rotatable bonds is 2. The second-order valence-electron chi connectivity index (χ2n) is 3.65. The summed E-state index contributed by atoms with van der Waals surface area (Å²) in [5.41, 5.74) is 1.37. The summed E-state index contributed by atoms with van der Waals surface area (Å²) in [7, 11) is 0. The molecule has 1 nitrogen and oxygen atoms in total. The van der Waals surface area contributed by atoms with Crippen LogP contribution in [0.1, 0.15) is 23.3 Å². The zero-order valence-corrected chi connectivity index (χ0v) is 10.2. The summed E-state index contributed by atoms with van der Waals surface area (Å²) in [6, 6.07) is 0.717. The van der Waals surface area contributed by atoms with Gasteiger partial charge in [-0.3, -0.25) is 0 Å². The summed E-state index contributed by atoms with van der Waals surface area (Å²) in [6.45, 7) is 3.36. The fourth-order valence-corrected chi connectivity index (χ4v) is 3.48. The van der Waals surface area contributed by atoms with Gasteiger partial charge in [-0.15, -0.1) is 11.3 Å². The third-order valence-corrected chi connectivity index (χ3v) is 5.06. The van der Waals surface area contributed by atoms with E-state index in [1.54, 1.807) is 0 Å². The lowest BCUT2D eigenvalue weighted by atomic mass is 10.1. The van der Waals surface area contributed by atoms with Crippen LogP contribution in [-0.2, 0) is 6.42 Å². The molecule has 0 aliphatic carbocycles. The second-order valence-corrected chi connectivity index (χ2v) is 5.41. The van der Waals surface area contributed by atoms with Gasteiger partial charge in [0.2, 0.25) is 0 Å². The van der Waals surface area contributed by atoms with Crippen LogP contribution in [0.15, 0.2) is 9.85 Å². The average molecular weight is 260 g/mol. The van der Waals surface area contributed by atoms with Crippen LogP contribution < -0.4 is 5.32 Å². The third kappa shape index (κ3) is 2.14. The summed E-state index contributed by atoms with van der Waals surface area (Å²) < 4.78 is 1.33. The van der Waals surface area contributed by atoms with E-state index in [2.05, 4.69) is 33.6 Å². The van der Waals surface area contributed by atoms with Gasteiger partial charge in [0, 0.05) is 15.4 Å². The quantitative estimate of drug-likeness (QED) is 0.861. The Morgan fingerprint density at radius 3 is 3.08 bits per heavy atom. The van der Waals surface area contributed by atoms with Crippen molar-refractivity contribution in [2.45, 2.75) is 32.2 Å². The Bertz CT molecular complexity index is 289. The first kappa shape index (κ1) is 9.69. The van der Waals surface area contributed by atoms with E-state index in [4.69, 9.17) is 0 Å². The molecule has 13 heavy (non-hydrogen) atoms. The van der Waals surface area contributed by atoms with E-state index in [-0.39, 0.29) is 0 Å². The van der Waals surface area contributed by atoms with E-state index < -0.39 is 0 Å². The number of nitrogens with one attached hydrogen (secondary N) is 1. The van der Waals surface area contributed by atoms with Crippen molar-refractivity contribution in [2.75, 3.05) is 6.54 Å². The van der Waals surface area contributed by atoms with Gasteiger partial charge in [-0.25, -0.2) is 0 Å². The third-order valence-electron chi connectivity index (χ3n) is 2.56. The number of thiophene rings is 1. The van der Waals surface area contributed by atoms with Gasteiger partial charge >= 0.3 is 0 Å². The van der Waals surface area contributed by atoms with E-state index in [1.807, 2.05) is 11.3 Å². The Morgan fingerprint density at radius 1 is 1.69 bits per heavy atom. The molecule has 1 saturated heterocycles. The Hall–Kier alpha value is 0.140. The van der Waals surface area contributed by atoms with Crippen LogP contribution in [0.3, 0.4) is 0 Å². The molecule has 1 unspecified atom stereocenters. The molecule has 1 aliphatic rings. The first-order valence-electron chi connectivity index (χ1n) is 4.73. The largest absolute Gasteiger partial charge is 0.314 e. The molecule has 3 heteroatoms. The van der Waals surface area contributed by atoms with Crippen molar-refractivity contribution >= 4 is 27.3 Å². The molecular weight excluding hydrogens is 246 g/mol. The Kier molecular flexibility index (Phi) is 3.06. The molecule has 1 aromatic heterocycles. The maximum absolute atomic E-state index is 3.64. The lowest BCUT2D eigenvalue weighted by Gasteiger charge is -2.08. The van der Waals surface area contributed by atoms with Crippen LogP contribution >= 0.6 is 27.3 Å². The molecule has 1 aromatic rings. The van der Waals surface area contributed by atoms with Gasteiger partial charge in [0.05, 0.1) is 0 Å². The van der Waals surface area contributed by atoms with Crippen molar-refractivity contribution in [3.63, 3.8) is 0 Å². The van der Waals surface area contributed by atoms with E-state index in [9.17, 15) is 0 Å². The van der Waals surface area contributed by atoms with Crippen molar-refractivity contribution < 1.29 is 0 Å². The minimum absolute atomic E-state index is 0.717. The van der Waals surface area contributed by atoms with E-state index in [0.717, 1.165) is 0 Å². The highest BCUT2D eigenvalue weighted by atomic mass is 79.9. The van der Waals surface area contributed by atoms with E-state index in [1.165, 1.54) is 40.7 Å². The lowest BCUT2D eigenvalue weighted by molar-refractivity contribution is 0.607. The zero-order valence-electron chi connectivity index (χ0n) is 7.77. The highest BCUT2D eigenvalue weighted by Gasteiger charge is 2.16. The summed E-state index contributed by atoms with van der Waals surface area (Å²) in [4.78, 5) is 1.50. The standard InChI is InChI=1S/C10H14BrNS/c1-7-6-13-9(10(7)11)5-8-3-2-4-12-8/h6,8,12H,2-5H2,1H3. The first-order valence-corrected chi connectivity index (χ1v) is 6.40. The van der Waals surface area contributed by atoms with Crippen molar-refractivity contribution in [1.29, 1.82) is 0 Å². The molecule has 2 heterocycles. The van der Waals surface area contributed by atoms with Crippen molar-refractivity contribution in [3.05, 3.63) is 20.3 Å². The highest BCUT2D eigenvalue weighted by molar-refractivity contribution is 9.10. The maximum Gasteiger partial charge on any atom is 0.0344 e. The predicted octanol–water partition coefficient (Wildman–Crippen LogP) is 3.11. The molecular formula is C10H14BrNS. The van der Waals surface area contributed by atoms with Gasteiger partial charge < -0.3 is 5.32 Å². The molecule has 0 aromatic carbocycles. The van der Waals surface area contributed by atoms with Gasteiger partial charge in [0.1, 0.15) is 0 Å². The first-order chi connectivity index (χ1) is 6.27. The molecule has 1 fully saturated rings. The molecule has 0 amide bonds. The maximum atomic E-state index is 3.64. The van der Waals surface area contributed by atoms with Crippen LogP contribution in [0.5, 0.6) is 0 Å². The Balaban J connectivity index is 2.04. The number of halogens is 1. The van der Waals surface area contributed by atoms with Crippen LogP contribution in [-0.4, -0.2) is 12.6 Å². The minimum Gasteiger partial charge on any atom is -0.314 e. The van der Waals surface area contributed by atoms with Crippen LogP contribution in [0.25, 0.3) is 0 Å². The fourth-order valence-electron chi connectivity index (χ4n) is 1.78.